The van der Waals surface area contributed by atoms with Crippen LogP contribution in [0.15, 0.2) is 194 Å². The molecule has 0 saturated carbocycles. The van der Waals surface area contributed by atoms with Gasteiger partial charge in [0.1, 0.15) is 12.4 Å². The molecular formula is C56H48NO5P. The molecule has 0 aromatic heterocycles. The van der Waals surface area contributed by atoms with Gasteiger partial charge in [-0.25, -0.2) is 0 Å². The molecule has 8 aromatic carbocycles. The molecule has 63 heavy (non-hydrogen) atoms. The number of fused-ring (bicyclic) bond motifs is 5. The van der Waals surface area contributed by atoms with E-state index < -0.39 is 12.6 Å². The van der Waals surface area contributed by atoms with Gasteiger partial charge in [-0.05, 0) is 112 Å². The van der Waals surface area contributed by atoms with Crippen LogP contribution in [0.1, 0.15) is 33.4 Å². The summed E-state index contributed by atoms with van der Waals surface area (Å²) in [5.74, 6) is 0.728. The predicted octanol–water partition coefficient (Wildman–Crippen LogP) is 11.6. The van der Waals surface area contributed by atoms with Crippen molar-refractivity contribution in [1.82, 2.24) is 0 Å². The van der Waals surface area contributed by atoms with E-state index in [1.807, 2.05) is 54.6 Å². The largest absolute Gasteiger partial charge is 0.491 e. The number of benzene rings is 8. The third kappa shape index (κ3) is 7.10. The molecule has 1 aliphatic heterocycles. The number of anilines is 3. The van der Waals surface area contributed by atoms with Crippen LogP contribution in [-0.2, 0) is 19.5 Å². The molecule has 6 nitrogen and oxygen atoms in total. The maximum Gasteiger partial charge on any atom is 0.172 e. The summed E-state index contributed by atoms with van der Waals surface area (Å²) in [4.78, 5) is 2.31. The second kappa shape index (κ2) is 17.3. The first-order chi connectivity index (χ1) is 31.0. The zero-order chi connectivity index (χ0) is 42.8. The molecule has 7 heteroatoms. The van der Waals surface area contributed by atoms with Crippen molar-refractivity contribution in [3.8, 4) is 5.75 Å². The Balaban J connectivity index is 1.22. The summed E-state index contributed by atoms with van der Waals surface area (Å²) in [6.07, 6.45) is 0. The van der Waals surface area contributed by atoms with E-state index in [2.05, 4.69) is 151 Å². The number of rotatable bonds is 15. The second-order valence-corrected chi connectivity index (χ2v) is 18.7. The number of para-hydroxylation sites is 2. The van der Waals surface area contributed by atoms with Crippen molar-refractivity contribution in [3.63, 3.8) is 0 Å². The maximum absolute atomic E-state index is 16.9. The van der Waals surface area contributed by atoms with Gasteiger partial charge in [0, 0.05) is 33.0 Å². The summed E-state index contributed by atoms with van der Waals surface area (Å²) >= 11 is 0. The van der Waals surface area contributed by atoms with Crippen LogP contribution in [0.25, 0.3) is 21.7 Å². The lowest BCUT2D eigenvalue weighted by Crippen LogP contribution is -2.30. The van der Waals surface area contributed by atoms with E-state index in [4.69, 9.17) is 19.3 Å². The van der Waals surface area contributed by atoms with Crippen molar-refractivity contribution in [1.29, 1.82) is 0 Å². The molecule has 1 N–H and O–H groups in total. The van der Waals surface area contributed by atoms with Crippen molar-refractivity contribution in [2.75, 3.05) is 44.5 Å². The van der Waals surface area contributed by atoms with Gasteiger partial charge in [0.2, 0.25) is 0 Å². The Kier molecular flexibility index (Phi) is 11.1. The molecule has 2 atom stereocenters. The van der Waals surface area contributed by atoms with Crippen LogP contribution in [-0.4, -0.2) is 44.7 Å². The summed E-state index contributed by atoms with van der Waals surface area (Å²) in [6, 6.07) is 68.1. The molecule has 2 aliphatic rings. The molecule has 312 valence electrons. The molecule has 0 saturated heterocycles. The molecule has 1 heterocycles. The summed E-state index contributed by atoms with van der Waals surface area (Å²) in [5, 5.41) is 13.7. The van der Waals surface area contributed by atoms with Gasteiger partial charge in [-0.15, -0.1) is 0 Å². The fraction of sp³-hybridized carbons (Fsp3) is 0.143. The molecule has 0 spiro atoms. The smallest absolute Gasteiger partial charge is 0.172 e. The highest BCUT2D eigenvalue weighted by molar-refractivity contribution is 7.88. The zero-order valence-corrected chi connectivity index (χ0v) is 36.1. The van der Waals surface area contributed by atoms with E-state index in [1.165, 1.54) is 0 Å². The van der Waals surface area contributed by atoms with E-state index in [1.54, 1.807) is 0 Å². The molecule has 10 rings (SSSR count). The fourth-order valence-electron chi connectivity index (χ4n) is 9.58. The average molecular weight is 846 g/mol. The maximum atomic E-state index is 16.9. The zero-order valence-electron chi connectivity index (χ0n) is 35.2. The normalized spacial score (nSPS) is 17.4. The Hall–Kier alpha value is -6.53. The van der Waals surface area contributed by atoms with Crippen molar-refractivity contribution in [2.24, 2.45) is 0 Å². The number of ether oxygens (including phenoxy) is 3. The lowest BCUT2D eigenvalue weighted by atomic mass is 9.65. The van der Waals surface area contributed by atoms with Crippen LogP contribution in [0.2, 0.25) is 0 Å². The molecule has 0 fully saturated rings. The number of aliphatic hydroxyl groups excluding tert-OH is 1. The fourth-order valence-corrected chi connectivity index (χ4v) is 12.9. The lowest BCUT2D eigenvalue weighted by Gasteiger charge is -2.37. The van der Waals surface area contributed by atoms with E-state index in [9.17, 15) is 0 Å². The number of allylic oxidation sites excluding steroid dienone is 1. The van der Waals surface area contributed by atoms with E-state index in [0.717, 1.165) is 88.5 Å². The number of aliphatic hydroxyl groups is 1. The minimum absolute atomic E-state index is 0.00870. The van der Waals surface area contributed by atoms with Crippen LogP contribution in [0.5, 0.6) is 5.75 Å². The lowest BCUT2D eigenvalue weighted by molar-refractivity contribution is 0.0247. The molecular weight excluding hydrogens is 798 g/mol. The minimum atomic E-state index is -3.47. The third-order valence-corrected chi connectivity index (χ3v) is 15.5. The van der Waals surface area contributed by atoms with Gasteiger partial charge >= 0.3 is 0 Å². The van der Waals surface area contributed by atoms with Crippen molar-refractivity contribution in [3.05, 3.63) is 228 Å². The highest BCUT2D eigenvalue weighted by Crippen LogP contribution is 2.74. The van der Waals surface area contributed by atoms with E-state index >= 15 is 4.57 Å². The molecule has 0 bridgehead atoms. The quantitative estimate of drug-likeness (QED) is 0.0819. The van der Waals surface area contributed by atoms with Crippen molar-refractivity contribution < 1.29 is 23.9 Å². The minimum Gasteiger partial charge on any atom is -0.491 e. The summed E-state index contributed by atoms with van der Waals surface area (Å²) < 4.78 is 34.2. The number of aryl methyl sites for hydroxylation is 1. The Bertz CT molecular complexity index is 2930. The van der Waals surface area contributed by atoms with Crippen LogP contribution in [0, 0.1) is 6.92 Å². The highest BCUT2D eigenvalue weighted by atomic mass is 31.2. The summed E-state index contributed by atoms with van der Waals surface area (Å²) in [7, 11) is -3.47. The predicted molar refractivity (Wildman–Crippen MR) is 257 cm³/mol. The first-order valence-electron chi connectivity index (χ1n) is 21.6. The average Bonchev–Trinajstić information content (AvgIpc) is 3.78. The Labute approximate surface area is 369 Å². The second-order valence-electron chi connectivity index (χ2n) is 16.1. The number of hydrogen-bond donors (Lipinski definition) is 1. The van der Waals surface area contributed by atoms with Crippen LogP contribution >= 0.6 is 7.14 Å². The summed E-state index contributed by atoms with van der Waals surface area (Å²) in [6.45, 7) is 4.04. The SMILES string of the molecule is Cc1ccc(C2(c3ccc(OCCOCCOCCO)cc3)C3=C(c4ccc(N(c5ccccc5)c5ccccc5)cc42)P(=O)(c2ccccc2)c2cc4ccccc4cc23)cc1. The van der Waals surface area contributed by atoms with Gasteiger partial charge in [-0.1, -0.05) is 139 Å². The van der Waals surface area contributed by atoms with E-state index in [0.29, 0.717) is 33.0 Å². The van der Waals surface area contributed by atoms with Gasteiger partial charge in [0.25, 0.3) is 0 Å². The third-order valence-electron chi connectivity index (χ3n) is 12.3. The molecule has 0 radical (unpaired) electrons. The topological polar surface area (TPSA) is 68.2 Å². The first-order valence-corrected chi connectivity index (χ1v) is 23.3. The monoisotopic (exact) mass is 845 g/mol. The standard InChI is InChI=1S/C56H48NO5P/c1-40-21-23-43(24-22-40)56(44-25-28-48(29-26-44)62-36-35-61-34-33-60-32-31-58)52-39-47(57(45-15-5-2-6-16-45)46-17-7-3-8-18-46)27-30-50(52)55-54(56)51-37-41-13-11-12-14-42(41)38-53(51)63(55,59)49-19-9-4-10-20-49/h2-30,37-39,58H,31-36H2,1H3. The first kappa shape index (κ1) is 40.5. The van der Waals surface area contributed by atoms with Crippen molar-refractivity contribution >= 4 is 56.5 Å². The van der Waals surface area contributed by atoms with E-state index in [-0.39, 0.29) is 6.61 Å². The van der Waals surface area contributed by atoms with Gasteiger partial charge in [0.15, 0.2) is 7.14 Å². The van der Waals surface area contributed by atoms with Crippen LogP contribution in [0.4, 0.5) is 17.1 Å². The van der Waals surface area contributed by atoms with Gasteiger partial charge < -0.3 is 28.8 Å². The molecule has 2 unspecified atom stereocenters. The van der Waals surface area contributed by atoms with Gasteiger partial charge in [-0.2, -0.15) is 0 Å². The van der Waals surface area contributed by atoms with Gasteiger partial charge in [-0.3, -0.25) is 0 Å². The van der Waals surface area contributed by atoms with Crippen LogP contribution < -0.4 is 20.2 Å². The van der Waals surface area contributed by atoms with Crippen molar-refractivity contribution in [2.45, 2.75) is 12.3 Å². The Morgan fingerprint density at radius 3 is 1.73 bits per heavy atom. The van der Waals surface area contributed by atoms with Crippen LogP contribution in [0.3, 0.4) is 0 Å². The molecule has 1 aliphatic carbocycles. The highest BCUT2D eigenvalue weighted by Gasteiger charge is 2.57. The molecule has 0 amide bonds. The Morgan fingerprint density at radius 1 is 0.540 bits per heavy atom. The number of hydrogen-bond acceptors (Lipinski definition) is 6. The molecule has 8 aromatic rings. The Morgan fingerprint density at radius 2 is 1.10 bits per heavy atom. The summed E-state index contributed by atoms with van der Waals surface area (Å²) in [5.41, 5.74) is 9.62. The number of nitrogens with zero attached hydrogens (tertiary/aromatic N) is 1. The van der Waals surface area contributed by atoms with Gasteiger partial charge in [0.05, 0.1) is 38.4 Å².